The van der Waals surface area contributed by atoms with E-state index in [4.69, 9.17) is 11.6 Å². The van der Waals surface area contributed by atoms with E-state index in [2.05, 4.69) is 46.7 Å². The Kier molecular flexibility index (Phi) is 7.81. The molecule has 33 heavy (non-hydrogen) atoms. The number of thioether (sulfide) groups is 1. The molecule has 0 saturated heterocycles. The second-order valence-electron chi connectivity index (χ2n) is 7.76. The predicted octanol–water partition coefficient (Wildman–Crippen LogP) is 5.66. The number of carbonyl (C=O) groups is 1. The topological polar surface area (TPSA) is 59.8 Å². The number of hydrogen-bond donors (Lipinski definition) is 1. The zero-order valence-electron chi connectivity index (χ0n) is 18.3. The highest BCUT2D eigenvalue weighted by molar-refractivity contribution is 7.99. The zero-order chi connectivity index (χ0) is 23.0. The monoisotopic (exact) mass is 476 g/mol. The molecule has 1 atom stereocenters. The van der Waals surface area contributed by atoms with Crippen LogP contribution in [0.1, 0.15) is 24.0 Å². The number of rotatable bonds is 9. The molecule has 4 rings (SSSR count). The van der Waals surface area contributed by atoms with Gasteiger partial charge in [0.25, 0.3) is 0 Å². The summed E-state index contributed by atoms with van der Waals surface area (Å²) in [5.41, 5.74) is 3.14. The van der Waals surface area contributed by atoms with Crippen molar-refractivity contribution >= 4 is 29.3 Å². The van der Waals surface area contributed by atoms with Crippen LogP contribution in [-0.2, 0) is 11.3 Å². The predicted molar refractivity (Wildman–Crippen MR) is 135 cm³/mol. The van der Waals surface area contributed by atoms with Gasteiger partial charge in [-0.2, -0.15) is 0 Å². The summed E-state index contributed by atoms with van der Waals surface area (Å²) in [6, 6.07) is 27.9. The van der Waals surface area contributed by atoms with Crippen LogP contribution in [0.25, 0.3) is 11.4 Å². The number of hydrogen-bond acceptors (Lipinski definition) is 4. The van der Waals surface area contributed by atoms with Crippen molar-refractivity contribution in [3.8, 4) is 11.4 Å². The minimum absolute atomic E-state index is 0.0312. The summed E-state index contributed by atoms with van der Waals surface area (Å²) in [5.74, 6) is 1.16. The lowest BCUT2D eigenvalue weighted by Gasteiger charge is -2.13. The van der Waals surface area contributed by atoms with Crippen LogP contribution in [0.5, 0.6) is 0 Å². The molecule has 0 aliphatic heterocycles. The van der Waals surface area contributed by atoms with E-state index in [9.17, 15) is 4.79 Å². The second kappa shape index (κ2) is 11.2. The fourth-order valence-corrected chi connectivity index (χ4v) is 4.48. The molecule has 3 aromatic carbocycles. The lowest BCUT2D eigenvalue weighted by molar-refractivity contribution is -0.118. The Hall–Kier alpha value is -3.09. The lowest BCUT2D eigenvalue weighted by Crippen LogP contribution is -2.29. The first kappa shape index (κ1) is 23.1. The first-order chi connectivity index (χ1) is 16.1. The standard InChI is InChI=1S/C26H25ClN4OS/c1-19(21-12-6-3-7-13-21)16-28-24(32)18-33-26-30-29-25(22-14-8-9-15-23(22)27)31(26)17-20-10-4-2-5-11-20/h2-15,19H,16-18H2,1H3,(H,28,32). The summed E-state index contributed by atoms with van der Waals surface area (Å²) in [4.78, 5) is 12.5. The van der Waals surface area contributed by atoms with Gasteiger partial charge in [0.1, 0.15) is 0 Å². The van der Waals surface area contributed by atoms with Gasteiger partial charge in [0.15, 0.2) is 11.0 Å². The Labute approximate surface area is 203 Å². The van der Waals surface area contributed by atoms with Crippen molar-refractivity contribution < 1.29 is 4.79 Å². The van der Waals surface area contributed by atoms with Crippen molar-refractivity contribution in [1.82, 2.24) is 20.1 Å². The quantitative estimate of drug-likeness (QED) is 0.317. The summed E-state index contributed by atoms with van der Waals surface area (Å²) in [6.07, 6.45) is 0. The number of carbonyl (C=O) groups excluding carboxylic acids is 1. The van der Waals surface area contributed by atoms with Gasteiger partial charge < -0.3 is 5.32 Å². The minimum atomic E-state index is -0.0312. The number of halogens is 1. The van der Waals surface area contributed by atoms with Crippen LogP contribution >= 0.6 is 23.4 Å². The average molecular weight is 477 g/mol. The van der Waals surface area contributed by atoms with Crippen LogP contribution in [-0.4, -0.2) is 33.0 Å². The molecule has 1 heterocycles. The Morgan fingerprint density at radius 3 is 2.36 bits per heavy atom. The number of aromatic nitrogens is 3. The SMILES string of the molecule is CC(CNC(=O)CSc1nnc(-c2ccccc2Cl)n1Cc1ccccc1)c1ccccc1. The molecule has 0 fully saturated rings. The van der Waals surface area contributed by atoms with E-state index < -0.39 is 0 Å². The molecule has 0 spiro atoms. The van der Waals surface area contributed by atoms with Crippen molar-refractivity contribution in [2.45, 2.75) is 24.5 Å². The third-order valence-electron chi connectivity index (χ3n) is 5.32. The minimum Gasteiger partial charge on any atom is -0.355 e. The first-order valence-corrected chi connectivity index (χ1v) is 12.1. The zero-order valence-corrected chi connectivity index (χ0v) is 19.9. The molecule has 0 radical (unpaired) electrons. The van der Waals surface area contributed by atoms with E-state index in [1.165, 1.54) is 17.3 Å². The second-order valence-corrected chi connectivity index (χ2v) is 9.11. The molecule has 168 valence electrons. The molecule has 1 amide bonds. The van der Waals surface area contributed by atoms with E-state index in [0.29, 0.717) is 29.1 Å². The van der Waals surface area contributed by atoms with Gasteiger partial charge in [0.2, 0.25) is 5.91 Å². The van der Waals surface area contributed by atoms with Crippen molar-refractivity contribution in [2.75, 3.05) is 12.3 Å². The molecule has 0 aliphatic rings. The Morgan fingerprint density at radius 1 is 0.970 bits per heavy atom. The van der Waals surface area contributed by atoms with Gasteiger partial charge in [-0.05, 0) is 29.2 Å². The molecule has 1 unspecified atom stereocenters. The third kappa shape index (κ3) is 6.03. The Bertz CT molecular complexity index is 1200. The molecule has 0 bridgehead atoms. The molecular weight excluding hydrogens is 452 g/mol. The fraction of sp³-hybridized carbons (Fsp3) is 0.192. The highest BCUT2D eigenvalue weighted by Crippen LogP contribution is 2.30. The van der Waals surface area contributed by atoms with Gasteiger partial charge in [0, 0.05) is 12.1 Å². The molecule has 0 aliphatic carbocycles. The van der Waals surface area contributed by atoms with Crippen LogP contribution in [0.3, 0.4) is 0 Å². The van der Waals surface area contributed by atoms with Crippen molar-refractivity contribution in [3.63, 3.8) is 0 Å². The highest BCUT2D eigenvalue weighted by Gasteiger charge is 2.18. The lowest BCUT2D eigenvalue weighted by atomic mass is 10.0. The molecule has 7 heteroatoms. The van der Waals surface area contributed by atoms with Gasteiger partial charge in [-0.15, -0.1) is 10.2 Å². The van der Waals surface area contributed by atoms with Crippen LogP contribution in [0.15, 0.2) is 90.1 Å². The van der Waals surface area contributed by atoms with Gasteiger partial charge in [-0.1, -0.05) is 103 Å². The summed E-state index contributed by atoms with van der Waals surface area (Å²) in [6.45, 7) is 3.28. The van der Waals surface area contributed by atoms with Crippen LogP contribution in [0, 0.1) is 0 Å². The van der Waals surface area contributed by atoms with Crippen LogP contribution < -0.4 is 5.32 Å². The number of amides is 1. The number of nitrogens with zero attached hydrogens (tertiary/aromatic N) is 3. The van der Waals surface area contributed by atoms with Crippen molar-refractivity contribution in [3.05, 3.63) is 101 Å². The maximum Gasteiger partial charge on any atom is 0.230 e. The fourth-order valence-electron chi connectivity index (χ4n) is 3.49. The average Bonchev–Trinajstić information content (AvgIpc) is 3.24. The smallest absolute Gasteiger partial charge is 0.230 e. The van der Waals surface area contributed by atoms with Crippen LogP contribution in [0.4, 0.5) is 0 Å². The molecular formula is C26H25ClN4OS. The van der Waals surface area contributed by atoms with Gasteiger partial charge in [0.05, 0.1) is 17.3 Å². The Morgan fingerprint density at radius 2 is 1.64 bits per heavy atom. The van der Waals surface area contributed by atoms with E-state index >= 15 is 0 Å². The van der Waals surface area contributed by atoms with E-state index in [-0.39, 0.29) is 17.6 Å². The molecule has 0 saturated carbocycles. The summed E-state index contributed by atoms with van der Waals surface area (Å²) in [5, 5.41) is 13.1. The van der Waals surface area contributed by atoms with Crippen molar-refractivity contribution in [1.29, 1.82) is 0 Å². The maximum atomic E-state index is 12.5. The molecule has 1 aromatic heterocycles. The van der Waals surface area contributed by atoms with Gasteiger partial charge in [-0.25, -0.2) is 0 Å². The number of nitrogens with one attached hydrogen (secondary N) is 1. The normalized spacial score (nSPS) is 11.8. The van der Waals surface area contributed by atoms with Gasteiger partial charge >= 0.3 is 0 Å². The first-order valence-electron chi connectivity index (χ1n) is 10.8. The molecule has 1 N–H and O–H groups in total. The number of benzene rings is 3. The van der Waals surface area contributed by atoms with Gasteiger partial charge in [-0.3, -0.25) is 9.36 Å². The highest BCUT2D eigenvalue weighted by atomic mass is 35.5. The van der Waals surface area contributed by atoms with Crippen LogP contribution in [0.2, 0.25) is 5.02 Å². The molecule has 4 aromatic rings. The molecule has 5 nitrogen and oxygen atoms in total. The summed E-state index contributed by atoms with van der Waals surface area (Å²) >= 11 is 7.82. The van der Waals surface area contributed by atoms with Crippen molar-refractivity contribution in [2.24, 2.45) is 0 Å². The maximum absolute atomic E-state index is 12.5. The van der Waals surface area contributed by atoms with E-state index in [1.54, 1.807) is 0 Å². The third-order valence-corrected chi connectivity index (χ3v) is 6.62. The van der Waals surface area contributed by atoms with E-state index in [0.717, 1.165) is 11.1 Å². The Balaban J connectivity index is 1.46. The largest absolute Gasteiger partial charge is 0.355 e. The summed E-state index contributed by atoms with van der Waals surface area (Å²) < 4.78 is 2.01. The van der Waals surface area contributed by atoms with E-state index in [1.807, 2.05) is 65.2 Å². The summed E-state index contributed by atoms with van der Waals surface area (Å²) in [7, 11) is 0.